The Morgan fingerprint density at radius 1 is 0.941 bits per heavy atom. The molecule has 1 atom stereocenters. The van der Waals surface area contributed by atoms with Crippen molar-refractivity contribution in [2.75, 3.05) is 4.90 Å². The molecular weight excluding hydrogens is 431 g/mol. The fraction of sp³-hybridized carbons (Fsp3) is 0.226. The zero-order chi connectivity index (χ0) is 22.9. The zero-order valence-electron chi connectivity index (χ0n) is 19.6. The van der Waals surface area contributed by atoms with E-state index in [4.69, 9.17) is 4.98 Å². The molecule has 0 amide bonds. The lowest BCUT2D eigenvalue weighted by atomic mass is 9.72. The zero-order valence-corrected chi connectivity index (χ0v) is 20.5. The van der Waals surface area contributed by atoms with Crippen LogP contribution in [0.2, 0.25) is 0 Å². The molecule has 3 heteroatoms. The van der Waals surface area contributed by atoms with Gasteiger partial charge in [-0.05, 0) is 59.4 Å². The number of aryl methyl sites for hydroxylation is 1. The van der Waals surface area contributed by atoms with Crippen LogP contribution < -0.4 is 4.90 Å². The van der Waals surface area contributed by atoms with Crippen LogP contribution in [0.25, 0.3) is 22.8 Å². The lowest BCUT2D eigenvalue weighted by Gasteiger charge is -2.45. The van der Waals surface area contributed by atoms with E-state index < -0.39 is 0 Å². The molecule has 2 aliphatic carbocycles. The Morgan fingerprint density at radius 2 is 1.79 bits per heavy atom. The number of anilines is 2. The Balaban J connectivity index is 1.41. The minimum Gasteiger partial charge on any atom is -0.334 e. The molecule has 7 rings (SSSR count). The number of aromatic nitrogens is 1. The van der Waals surface area contributed by atoms with Gasteiger partial charge in [0, 0.05) is 33.6 Å². The molecule has 0 saturated heterocycles. The first-order chi connectivity index (χ1) is 16.6. The van der Waals surface area contributed by atoms with E-state index in [1.165, 1.54) is 57.9 Å². The number of allylic oxidation sites excluding steroid dienone is 1. The molecular formula is C31H27N2P. The lowest BCUT2D eigenvalue weighted by molar-refractivity contribution is 0.610. The highest BCUT2D eigenvalue weighted by molar-refractivity contribution is 7.38. The fourth-order valence-electron chi connectivity index (χ4n) is 5.99. The average molecular weight is 459 g/mol. The first-order valence-corrected chi connectivity index (χ1v) is 13.2. The summed E-state index contributed by atoms with van der Waals surface area (Å²) in [5.74, 6) is 0. The minimum absolute atomic E-state index is 0.0335. The van der Waals surface area contributed by atoms with E-state index in [0.717, 1.165) is 24.8 Å². The SMILES string of the molecule is CC1(C)c2ccccc2N(C2C=Cc3pc4ccccc4nc3C2)c2cc3c(cc21)CCC=C3. The fourth-order valence-corrected chi connectivity index (χ4v) is 7.08. The Kier molecular flexibility index (Phi) is 4.38. The van der Waals surface area contributed by atoms with Crippen LogP contribution in [0.4, 0.5) is 11.4 Å². The second kappa shape index (κ2) is 7.39. The van der Waals surface area contributed by atoms with Crippen molar-refractivity contribution in [2.45, 2.75) is 44.6 Å². The van der Waals surface area contributed by atoms with E-state index in [2.05, 4.69) is 104 Å². The molecule has 166 valence electrons. The van der Waals surface area contributed by atoms with Gasteiger partial charge in [-0.1, -0.05) is 82.7 Å². The van der Waals surface area contributed by atoms with Crippen molar-refractivity contribution in [2.24, 2.45) is 0 Å². The number of hydrogen-bond donors (Lipinski definition) is 0. The number of nitrogens with zero attached hydrogens (tertiary/aromatic N) is 2. The van der Waals surface area contributed by atoms with Crippen LogP contribution in [-0.4, -0.2) is 11.0 Å². The van der Waals surface area contributed by atoms with Gasteiger partial charge >= 0.3 is 0 Å². The first-order valence-electron chi connectivity index (χ1n) is 12.3. The van der Waals surface area contributed by atoms with Crippen molar-refractivity contribution in [3.05, 3.63) is 106 Å². The van der Waals surface area contributed by atoms with Crippen molar-refractivity contribution in [1.29, 1.82) is 0 Å². The molecule has 0 saturated carbocycles. The van der Waals surface area contributed by atoms with E-state index in [9.17, 15) is 0 Å². The van der Waals surface area contributed by atoms with Gasteiger partial charge in [0.1, 0.15) is 0 Å². The second-order valence-corrected chi connectivity index (χ2v) is 11.4. The molecule has 0 bridgehead atoms. The maximum atomic E-state index is 5.11. The van der Waals surface area contributed by atoms with E-state index in [1.54, 1.807) is 0 Å². The molecule has 2 heterocycles. The first kappa shape index (κ1) is 20.2. The Hall–Kier alpha value is -3.22. The molecule has 1 aliphatic heterocycles. The third-order valence-electron chi connectivity index (χ3n) is 7.79. The predicted octanol–water partition coefficient (Wildman–Crippen LogP) is 8.19. The van der Waals surface area contributed by atoms with Crippen molar-refractivity contribution >= 4 is 42.4 Å². The maximum absolute atomic E-state index is 5.11. The third kappa shape index (κ3) is 2.95. The summed E-state index contributed by atoms with van der Waals surface area (Å²) in [6.07, 6.45) is 12.6. The predicted molar refractivity (Wildman–Crippen MR) is 145 cm³/mol. The maximum Gasteiger partial charge on any atom is 0.0751 e. The molecule has 0 radical (unpaired) electrons. The highest BCUT2D eigenvalue weighted by atomic mass is 31.0. The molecule has 1 unspecified atom stereocenters. The van der Waals surface area contributed by atoms with Crippen molar-refractivity contribution < 1.29 is 0 Å². The highest BCUT2D eigenvalue weighted by Crippen LogP contribution is 2.51. The summed E-state index contributed by atoms with van der Waals surface area (Å²) in [5.41, 5.74) is 10.7. The molecule has 0 fully saturated rings. The molecule has 1 aromatic heterocycles. The van der Waals surface area contributed by atoms with Crippen LogP contribution in [0.15, 0.2) is 72.8 Å². The number of hydrogen-bond acceptors (Lipinski definition) is 2. The van der Waals surface area contributed by atoms with Gasteiger partial charge in [-0.15, -0.1) is 0 Å². The summed E-state index contributed by atoms with van der Waals surface area (Å²) >= 11 is 0. The second-order valence-electron chi connectivity index (χ2n) is 10.2. The minimum atomic E-state index is -0.0335. The van der Waals surface area contributed by atoms with Crippen LogP contribution in [-0.2, 0) is 18.3 Å². The lowest BCUT2D eigenvalue weighted by Crippen LogP contribution is -2.40. The normalized spacial score (nSPS) is 19.6. The number of benzene rings is 3. The van der Waals surface area contributed by atoms with E-state index in [1.807, 2.05) is 0 Å². The monoisotopic (exact) mass is 458 g/mol. The van der Waals surface area contributed by atoms with Gasteiger partial charge < -0.3 is 4.90 Å². The van der Waals surface area contributed by atoms with Gasteiger partial charge in [0.05, 0.1) is 17.3 Å². The molecule has 4 aromatic rings. The number of rotatable bonds is 1. The van der Waals surface area contributed by atoms with Crippen molar-refractivity contribution in [3.63, 3.8) is 0 Å². The highest BCUT2D eigenvalue weighted by Gasteiger charge is 2.39. The van der Waals surface area contributed by atoms with Gasteiger partial charge in [0.15, 0.2) is 0 Å². The Bertz CT molecular complexity index is 1530. The van der Waals surface area contributed by atoms with Crippen LogP contribution in [0.3, 0.4) is 0 Å². The average Bonchev–Trinajstić information content (AvgIpc) is 2.87. The Morgan fingerprint density at radius 3 is 2.74 bits per heavy atom. The van der Waals surface area contributed by atoms with Gasteiger partial charge in [-0.3, -0.25) is 4.98 Å². The van der Waals surface area contributed by atoms with E-state index in [-0.39, 0.29) is 11.5 Å². The summed E-state index contributed by atoms with van der Waals surface area (Å²) in [4.78, 5) is 7.70. The number of para-hydroxylation sites is 2. The van der Waals surface area contributed by atoms with Crippen molar-refractivity contribution in [3.8, 4) is 0 Å². The molecule has 2 nitrogen and oxygen atoms in total. The number of fused-ring (bicyclic) bond motifs is 5. The summed E-state index contributed by atoms with van der Waals surface area (Å²) in [6, 6.07) is 22.7. The largest absolute Gasteiger partial charge is 0.334 e. The summed E-state index contributed by atoms with van der Waals surface area (Å²) in [6.45, 7) is 4.77. The molecule has 3 aliphatic rings. The van der Waals surface area contributed by atoms with Crippen LogP contribution in [0.5, 0.6) is 0 Å². The third-order valence-corrected chi connectivity index (χ3v) is 9.06. The molecule has 0 spiro atoms. The summed E-state index contributed by atoms with van der Waals surface area (Å²) < 4.78 is 0. The van der Waals surface area contributed by atoms with Gasteiger partial charge in [-0.2, -0.15) is 0 Å². The van der Waals surface area contributed by atoms with Crippen molar-refractivity contribution in [1.82, 2.24) is 4.98 Å². The molecule has 34 heavy (non-hydrogen) atoms. The Labute approximate surface area is 202 Å². The smallest absolute Gasteiger partial charge is 0.0751 e. The van der Waals surface area contributed by atoms with Gasteiger partial charge in [0.2, 0.25) is 0 Å². The van der Waals surface area contributed by atoms with Crippen LogP contribution >= 0.6 is 8.19 Å². The summed E-state index contributed by atoms with van der Waals surface area (Å²) in [5, 5.41) is 2.65. The quantitative estimate of drug-likeness (QED) is 0.286. The van der Waals surface area contributed by atoms with E-state index in [0.29, 0.717) is 0 Å². The van der Waals surface area contributed by atoms with Gasteiger partial charge in [0.25, 0.3) is 0 Å². The molecule has 0 N–H and O–H groups in total. The van der Waals surface area contributed by atoms with Crippen LogP contribution in [0.1, 0.15) is 53.5 Å². The van der Waals surface area contributed by atoms with Gasteiger partial charge in [-0.25, -0.2) is 0 Å². The summed E-state index contributed by atoms with van der Waals surface area (Å²) in [7, 11) is 1.27. The van der Waals surface area contributed by atoms with Crippen LogP contribution in [0, 0.1) is 0 Å². The van der Waals surface area contributed by atoms with E-state index >= 15 is 0 Å². The molecule has 3 aromatic carbocycles. The topological polar surface area (TPSA) is 16.1 Å². The standard InChI is InChI=1S/C31H27N2P/c1-31(2)23-11-5-7-13-27(23)33(28-18-21-10-4-3-9-20(21)17-24(28)31)22-15-16-30-26(19-22)32-25-12-6-8-14-29(25)34-30/h4-8,10-18,22H,3,9,19H2,1-2H3.